The summed E-state index contributed by atoms with van der Waals surface area (Å²) >= 11 is 1.72. The van der Waals surface area contributed by atoms with Gasteiger partial charge in [0.2, 0.25) is 0 Å². The number of nitrogens with one attached hydrogen (secondary N) is 1. The Morgan fingerprint density at radius 1 is 1.39 bits per heavy atom. The summed E-state index contributed by atoms with van der Waals surface area (Å²) < 4.78 is 0. The fourth-order valence-corrected chi connectivity index (χ4v) is 3.73. The van der Waals surface area contributed by atoms with Crippen LogP contribution >= 0.6 is 11.3 Å². The van der Waals surface area contributed by atoms with E-state index in [0.717, 1.165) is 30.6 Å². The number of hydrogen-bond donors (Lipinski definition) is 1. The number of rotatable bonds is 4. The zero-order chi connectivity index (χ0) is 16.1. The number of guanidine groups is 1. The first kappa shape index (κ1) is 16.0. The average Bonchev–Trinajstić information content (AvgIpc) is 3.21. The van der Waals surface area contributed by atoms with Gasteiger partial charge in [0.15, 0.2) is 5.96 Å². The van der Waals surface area contributed by atoms with Crippen LogP contribution in [0.3, 0.4) is 0 Å². The predicted octanol–water partition coefficient (Wildman–Crippen LogP) is 3.41. The van der Waals surface area contributed by atoms with Crippen LogP contribution < -0.4 is 5.32 Å². The maximum absolute atomic E-state index is 4.81. The van der Waals surface area contributed by atoms with Gasteiger partial charge < -0.3 is 10.2 Å². The Balaban J connectivity index is 1.67. The second kappa shape index (κ2) is 7.59. The molecule has 5 heteroatoms. The van der Waals surface area contributed by atoms with Crippen molar-refractivity contribution >= 4 is 17.3 Å². The molecule has 4 nitrogen and oxygen atoms in total. The molecule has 1 aromatic carbocycles. The summed E-state index contributed by atoms with van der Waals surface area (Å²) in [5.74, 6) is 1.63. The van der Waals surface area contributed by atoms with Gasteiger partial charge in [-0.15, -0.1) is 11.3 Å². The second-order valence-electron chi connectivity index (χ2n) is 5.86. The molecule has 1 saturated heterocycles. The van der Waals surface area contributed by atoms with Crippen LogP contribution in [0.2, 0.25) is 0 Å². The van der Waals surface area contributed by atoms with Crippen molar-refractivity contribution in [3.63, 3.8) is 0 Å². The Morgan fingerprint density at radius 3 is 2.91 bits per heavy atom. The van der Waals surface area contributed by atoms with Crippen molar-refractivity contribution < 1.29 is 0 Å². The number of aliphatic imine (C=N–C) groups is 1. The lowest BCUT2D eigenvalue weighted by atomic mass is 9.99. The van der Waals surface area contributed by atoms with Crippen LogP contribution in [-0.4, -0.2) is 35.5 Å². The molecule has 2 heterocycles. The van der Waals surface area contributed by atoms with Crippen LogP contribution in [0.5, 0.6) is 0 Å². The van der Waals surface area contributed by atoms with Gasteiger partial charge in [-0.2, -0.15) is 0 Å². The van der Waals surface area contributed by atoms with Gasteiger partial charge >= 0.3 is 0 Å². The second-order valence-corrected chi connectivity index (χ2v) is 7.18. The summed E-state index contributed by atoms with van der Waals surface area (Å²) in [7, 11) is 0. The SMILES string of the molecule is CCNC(=NCc1cnc(C)s1)N1CCC(c2ccccc2)C1. The number of aromatic nitrogens is 1. The molecular weight excluding hydrogens is 304 g/mol. The molecule has 0 aliphatic carbocycles. The van der Waals surface area contributed by atoms with E-state index in [1.165, 1.54) is 16.9 Å². The van der Waals surface area contributed by atoms with Crippen molar-refractivity contribution in [3.05, 3.63) is 52.0 Å². The van der Waals surface area contributed by atoms with Crippen molar-refractivity contribution in [1.29, 1.82) is 0 Å². The first-order chi connectivity index (χ1) is 11.3. The third-order valence-corrected chi connectivity index (χ3v) is 5.04. The highest BCUT2D eigenvalue weighted by Crippen LogP contribution is 2.27. The van der Waals surface area contributed by atoms with Gasteiger partial charge in [0, 0.05) is 36.6 Å². The van der Waals surface area contributed by atoms with Gasteiger partial charge in [0.1, 0.15) is 0 Å². The van der Waals surface area contributed by atoms with Crippen LogP contribution in [0, 0.1) is 6.92 Å². The molecule has 0 bridgehead atoms. The minimum Gasteiger partial charge on any atom is -0.357 e. The molecule has 0 radical (unpaired) electrons. The molecule has 122 valence electrons. The van der Waals surface area contributed by atoms with E-state index in [9.17, 15) is 0 Å². The van der Waals surface area contributed by atoms with E-state index in [-0.39, 0.29) is 0 Å². The van der Waals surface area contributed by atoms with E-state index < -0.39 is 0 Å². The minimum absolute atomic E-state index is 0.603. The number of likely N-dealkylation sites (tertiary alicyclic amines) is 1. The van der Waals surface area contributed by atoms with Crippen LogP contribution in [0.4, 0.5) is 0 Å². The summed E-state index contributed by atoms with van der Waals surface area (Å²) in [6.07, 6.45) is 3.12. The molecule has 1 aliphatic heterocycles. The summed E-state index contributed by atoms with van der Waals surface area (Å²) in [6.45, 7) is 7.86. The number of benzene rings is 1. The Labute approximate surface area is 142 Å². The maximum atomic E-state index is 4.81. The summed E-state index contributed by atoms with van der Waals surface area (Å²) in [6, 6.07) is 10.8. The van der Waals surface area contributed by atoms with E-state index in [1.54, 1.807) is 11.3 Å². The summed E-state index contributed by atoms with van der Waals surface area (Å²) in [4.78, 5) is 12.7. The quantitative estimate of drug-likeness (QED) is 0.691. The molecule has 3 rings (SSSR count). The molecule has 0 saturated carbocycles. The highest BCUT2D eigenvalue weighted by Gasteiger charge is 2.25. The number of aryl methyl sites for hydroxylation is 1. The monoisotopic (exact) mass is 328 g/mol. The lowest BCUT2D eigenvalue weighted by Gasteiger charge is -2.21. The van der Waals surface area contributed by atoms with E-state index in [1.807, 2.05) is 13.1 Å². The van der Waals surface area contributed by atoms with Crippen molar-refractivity contribution in [3.8, 4) is 0 Å². The third-order valence-electron chi connectivity index (χ3n) is 4.15. The first-order valence-electron chi connectivity index (χ1n) is 8.25. The van der Waals surface area contributed by atoms with Gasteiger partial charge in [0.05, 0.1) is 11.6 Å². The van der Waals surface area contributed by atoms with Crippen LogP contribution in [0.25, 0.3) is 0 Å². The molecule has 0 amide bonds. The Kier molecular flexibility index (Phi) is 5.28. The summed E-state index contributed by atoms with van der Waals surface area (Å²) in [5.41, 5.74) is 1.43. The topological polar surface area (TPSA) is 40.5 Å². The molecule has 23 heavy (non-hydrogen) atoms. The number of hydrogen-bond acceptors (Lipinski definition) is 3. The normalized spacial score (nSPS) is 18.4. The van der Waals surface area contributed by atoms with Gasteiger partial charge in [-0.05, 0) is 25.8 Å². The molecule has 2 aromatic rings. The molecular formula is C18H24N4S. The molecule has 1 fully saturated rings. The van der Waals surface area contributed by atoms with Gasteiger partial charge in [-0.25, -0.2) is 9.98 Å². The Bertz CT molecular complexity index is 650. The highest BCUT2D eigenvalue weighted by atomic mass is 32.1. The fourth-order valence-electron chi connectivity index (χ4n) is 3.01. The van der Waals surface area contributed by atoms with Gasteiger partial charge in [0.25, 0.3) is 0 Å². The van der Waals surface area contributed by atoms with E-state index in [0.29, 0.717) is 12.5 Å². The van der Waals surface area contributed by atoms with Gasteiger partial charge in [-0.1, -0.05) is 30.3 Å². The molecule has 1 unspecified atom stereocenters. The van der Waals surface area contributed by atoms with Crippen molar-refractivity contribution in [2.75, 3.05) is 19.6 Å². The minimum atomic E-state index is 0.603. The van der Waals surface area contributed by atoms with E-state index in [2.05, 4.69) is 52.5 Å². The smallest absolute Gasteiger partial charge is 0.194 e. The first-order valence-corrected chi connectivity index (χ1v) is 9.07. The van der Waals surface area contributed by atoms with Crippen LogP contribution in [0.1, 0.15) is 34.7 Å². The maximum Gasteiger partial charge on any atom is 0.194 e. The lowest BCUT2D eigenvalue weighted by Crippen LogP contribution is -2.39. The number of thiazole rings is 1. The fraction of sp³-hybridized carbons (Fsp3) is 0.444. The van der Waals surface area contributed by atoms with Crippen molar-refractivity contribution in [2.24, 2.45) is 4.99 Å². The van der Waals surface area contributed by atoms with E-state index >= 15 is 0 Å². The average molecular weight is 328 g/mol. The summed E-state index contributed by atoms with van der Waals surface area (Å²) in [5, 5.41) is 4.54. The largest absolute Gasteiger partial charge is 0.357 e. The lowest BCUT2D eigenvalue weighted by molar-refractivity contribution is 0.486. The molecule has 1 atom stereocenters. The third kappa shape index (κ3) is 4.10. The van der Waals surface area contributed by atoms with Gasteiger partial charge in [-0.3, -0.25) is 0 Å². The Hall–Kier alpha value is -1.88. The molecule has 1 aromatic heterocycles. The zero-order valence-corrected chi connectivity index (χ0v) is 14.6. The number of nitrogens with zero attached hydrogens (tertiary/aromatic N) is 3. The molecule has 1 N–H and O–H groups in total. The van der Waals surface area contributed by atoms with Crippen molar-refractivity contribution in [2.45, 2.75) is 32.7 Å². The Morgan fingerprint density at radius 2 is 2.22 bits per heavy atom. The molecule has 1 aliphatic rings. The van der Waals surface area contributed by atoms with E-state index in [4.69, 9.17) is 4.99 Å². The molecule has 0 spiro atoms. The van der Waals surface area contributed by atoms with Crippen molar-refractivity contribution in [1.82, 2.24) is 15.2 Å². The predicted molar refractivity (Wildman–Crippen MR) is 97.0 cm³/mol. The van der Waals surface area contributed by atoms with Crippen LogP contribution in [-0.2, 0) is 6.54 Å². The zero-order valence-electron chi connectivity index (χ0n) is 13.8. The standard InChI is InChI=1S/C18H24N4S/c1-3-19-18(21-12-17-11-20-14(2)23-17)22-10-9-16(13-22)15-7-5-4-6-8-15/h4-8,11,16H,3,9-10,12-13H2,1-2H3,(H,19,21). The highest BCUT2D eigenvalue weighted by molar-refractivity contribution is 7.11. The van der Waals surface area contributed by atoms with Crippen LogP contribution in [0.15, 0.2) is 41.5 Å².